The van der Waals surface area contributed by atoms with E-state index in [-0.39, 0.29) is 0 Å². The SMILES string of the molecule is CN1C2CCC1CC(Oc1ccc(Cl)cn1)C2. The summed E-state index contributed by atoms with van der Waals surface area (Å²) in [6.45, 7) is 0. The molecule has 2 aliphatic heterocycles. The van der Waals surface area contributed by atoms with Crippen molar-refractivity contribution in [2.45, 2.75) is 43.9 Å². The van der Waals surface area contributed by atoms with Crippen molar-refractivity contribution in [2.75, 3.05) is 7.05 Å². The zero-order chi connectivity index (χ0) is 11.8. The van der Waals surface area contributed by atoms with Crippen LogP contribution in [0.25, 0.3) is 0 Å². The topological polar surface area (TPSA) is 25.4 Å². The summed E-state index contributed by atoms with van der Waals surface area (Å²) in [7, 11) is 2.24. The van der Waals surface area contributed by atoms with E-state index in [1.165, 1.54) is 12.8 Å². The summed E-state index contributed by atoms with van der Waals surface area (Å²) in [5.41, 5.74) is 0. The van der Waals surface area contributed by atoms with E-state index >= 15 is 0 Å². The molecule has 0 spiro atoms. The Kier molecular flexibility index (Phi) is 2.97. The summed E-state index contributed by atoms with van der Waals surface area (Å²) in [6, 6.07) is 5.08. The average Bonchev–Trinajstić information content (AvgIpc) is 2.55. The molecule has 3 heterocycles. The van der Waals surface area contributed by atoms with E-state index in [9.17, 15) is 0 Å². The molecule has 0 aromatic carbocycles. The van der Waals surface area contributed by atoms with Crippen LogP contribution in [0, 0.1) is 0 Å². The van der Waals surface area contributed by atoms with E-state index in [0.717, 1.165) is 12.8 Å². The minimum atomic E-state index is 0.317. The van der Waals surface area contributed by atoms with Crippen molar-refractivity contribution in [1.82, 2.24) is 9.88 Å². The van der Waals surface area contributed by atoms with Crippen molar-refractivity contribution in [1.29, 1.82) is 0 Å². The predicted octanol–water partition coefficient (Wildman–Crippen LogP) is 2.74. The highest BCUT2D eigenvalue weighted by molar-refractivity contribution is 6.30. The van der Waals surface area contributed by atoms with Crippen molar-refractivity contribution >= 4 is 11.6 Å². The number of nitrogens with zero attached hydrogens (tertiary/aromatic N) is 2. The lowest BCUT2D eigenvalue weighted by atomic mass is 10.0. The van der Waals surface area contributed by atoms with Crippen molar-refractivity contribution in [3.8, 4) is 5.88 Å². The molecule has 2 aliphatic rings. The van der Waals surface area contributed by atoms with Crippen LogP contribution in [0.1, 0.15) is 25.7 Å². The van der Waals surface area contributed by atoms with Crippen LogP contribution in [0.2, 0.25) is 5.02 Å². The molecule has 17 heavy (non-hydrogen) atoms. The molecule has 0 radical (unpaired) electrons. The second-order valence-corrected chi connectivity index (χ2v) is 5.51. The highest BCUT2D eigenvalue weighted by atomic mass is 35.5. The first kappa shape index (κ1) is 11.3. The van der Waals surface area contributed by atoms with Crippen LogP contribution in [0.3, 0.4) is 0 Å². The molecular weight excluding hydrogens is 236 g/mol. The molecule has 1 aromatic heterocycles. The van der Waals surface area contributed by atoms with Gasteiger partial charge in [0.15, 0.2) is 0 Å². The van der Waals surface area contributed by atoms with E-state index in [1.807, 2.05) is 12.1 Å². The van der Waals surface area contributed by atoms with Gasteiger partial charge in [-0.3, -0.25) is 0 Å². The van der Waals surface area contributed by atoms with E-state index in [0.29, 0.717) is 29.1 Å². The molecule has 2 unspecified atom stereocenters. The van der Waals surface area contributed by atoms with Gasteiger partial charge in [-0.2, -0.15) is 0 Å². The second kappa shape index (κ2) is 4.46. The Morgan fingerprint density at radius 2 is 2.00 bits per heavy atom. The normalized spacial score (nSPS) is 32.7. The molecule has 1 aromatic rings. The van der Waals surface area contributed by atoms with Gasteiger partial charge in [-0.1, -0.05) is 11.6 Å². The molecule has 4 heteroatoms. The number of rotatable bonds is 2. The van der Waals surface area contributed by atoms with Gasteiger partial charge in [0.05, 0.1) is 5.02 Å². The lowest BCUT2D eigenvalue weighted by molar-refractivity contribution is 0.0633. The molecule has 92 valence electrons. The van der Waals surface area contributed by atoms with Gasteiger partial charge in [0.2, 0.25) is 5.88 Å². The van der Waals surface area contributed by atoms with Gasteiger partial charge >= 0.3 is 0 Å². The minimum Gasteiger partial charge on any atom is -0.474 e. The van der Waals surface area contributed by atoms with Crippen LogP contribution in [0.4, 0.5) is 0 Å². The molecule has 3 nitrogen and oxygen atoms in total. The van der Waals surface area contributed by atoms with E-state index in [4.69, 9.17) is 16.3 Å². The first-order chi connectivity index (χ1) is 8.22. The number of hydrogen-bond acceptors (Lipinski definition) is 3. The van der Waals surface area contributed by atoms with Crippen LogP contribution >= 0.6 is 11.6 Å². The third-order valence-corrected chi connectivity index (χ3v) is 4.27. The summed E-state index contributed by atoms with van der Waals surface area (Å²) >= 11 is 5.81. The fourth-order valence-corrected chi connectivity index (χ4v) is 3.17. The molecule has 2 bridgehead atoms. The highest BCUT2D eigenvalue weighted by Crippen LogP contribution is 2.35. The largest absolute Gasteiger partial charge is 0.474 e. The molecule has 0 amide bonds. The smallest absolute Gasteiger partial charge is 0.213 e. The standard InChI is InChI=1S/C13H17ClN2O/c1-16-10-3-4-11(16)7-12(6-10)17-13-5-2-9(14)8-15-13/h2,5,8,10-12H,3-4,6-7H2,1H3. The van der Waals surface area contributed by atoms with E-state index < -0.39 is 0 Å². The number of piperidine rings is 1. The molecule has 3 rings (SSSR count). The number of fused-ring (bicyclic) bond motifs is 2. The van der Waals surface area contributed by atoms with E-state index in [1.54, 1.807) is 6.20 Å². The highest BCUT2D eigenvalue weighted by Gasteiger charge is 2.39. The summed E-state index contributed by atoms with van der Waals surface area (Å²) in [5, 5.41) is 0.654. The number of aromatic nitrogens is 1. The third-order valence-electron chi connectivity index (χ3n) is 4.04. The average molecular weight is 253 g/mol. The molecule has 0 saturated carbocycles. The fourth-order valence-electron chi connectivity index (χ4n) is 3.06. The van der Waals surface area contributed by atoms with Crippen LogP contribution in [0.5, 0.6) is 5.88 Å². The quantitative estimate of drug-likeness (QED) is 0.809. The van der Waals surface area contributed by atoms with Crippen molar-refractivity contribution in [2.24, 2.45) is 0 Å². The van der Waals surface area contributed by atoms with Gasteiger partial charge in [0, 0.05) is 24.3 Å². The van der Waals surface area contributed by atoms with Crippen LogP contribution in [-0.2, 0) is 0 Å². The Bertz CT molecular complexity index is 381. The van der Waals surface area contributed by atoms with Gasteiger partial charge in [0.25, 0.3) is 0 Å². The Morgan fingerprint density at radius 1 is 1.29 bits per heavy atom. The summed E-state index contributed by atoms with van der Waals surface area (Å²) in [4.78, 5) is 6.70. The second-order valence-electron chi connectivity index (χ2n) is 5.08. The first-order valence-electron chi connectivity index (χ1n) is 6.22. The van der Waals surface area contributed by atoms with Crippen LogP contribution < -0.4 is 4.74 Å². The van der Waals surface area contributed by atoms with Crippen molar-refractivity contribution in [3.05, 3.63) is 23.4 Å². The molecule has 0 aliphatic carbocycles. The maximum atomic E-state index is 5.94. The predicted molar refractivity (Wildman–Crippen MR) is 67.5 cm³/mol. The van der Waals surface area contributed by atoms with Gasteiger partial charge in [-0.05, 0) is 38.8 Å². The minimum absolute atomic E-state index is 0.317. The fraction of sp³-hybridized carbons (Fsp3) is 0.615. The lowest BCUT2D eigenvalue weighted by Gasteiger charge is -2.35. The maximum absolute atomic E-state index is 5.94. The lowest BCUT2D eigenvalue weighted by Crippen LogP contribution is -2.43. The summed E-state index contributed by atoms with van der Waals surface area (Å²) < 4.78 is 5.94. The van der Waals surface area contributed by atoms with E-state index in [2.05, 4.69) is 16.9 Å². The number of pyridine rings is 1. The number of ether oxygens (including phenoxy) is 1. The Hall–Kier alpha value is -0.800. The monoisotopic (exact) mass is 252 g/mol. The van der Waals surface area contributed by atoms with Gasteiger partial charge in [-0.15, -0.1) is 0 Å². The molecule has 2 saturated heterocycles. The van der Waals surface area contributed by atoms with Gasteiger partial charge in [-0.25, -0.2) is 4.98 Å². The third kappa shape index (κ3) is 2.26. The number of hydrogen-bond donors (Lipinski definition) is 0. The Labute approximate surface area is 107 Å². The Morgan fingerprint density at radius 3 is 2.59 bits per heavy atom. The molecule has 2 fully saturated rings. The first-order valence-corrected chi connectivity index (χ1v) is 6.60. The van der Waals surface area contributed by atoms with Crippen molar-refractivity contribution in [3.63, 3.8) is 0 Å². The van der Waals surface area contributed by atoms with Crippen molar-refractivity contribution < 1.29 is 4.74 Å². The van der Waals surface area contributed by atoms with Crippen LogP contribution in [-0.4, -0.2) is 35.1 Å². The Balaban J connectivity index is 1.65. The van der Waals surface area contributed by atoms with Crippen LogP contribution in [0.15, 0.2) is 18.3 Å². The maximum Gasteiger partial charge on any atom is 0.213 e. The molecule has 2 atom stereocenters. The molecular formula is C13H17ClN2O. The summed E-state index contributed by atoms with van der Waals surface area (Å²) in [5.74, 6) is 0.698. The van der Waals surface area contributed by atoms with Gasteiger partial charge in [0.1, 0.15) is 6.10 Å². The van der Waals surface area contributed by atoms with Gasteiger partial charge < -0.3 is 9.64 Å². The molecule has 0 N–H and O–H groups in total. The number of halogens is 1. The zero-order valence-corrected chi connectivity index (χ0v) is 10.7. The summed E-state index contributed by atoms with van der Waals surface area (Å²) in [6.07, 6.45) is 6.83. The zero-order valence-electron chi connectivity index (χ0n) is 9.97.